The topological polar surface area (TPSA) is 61.3 Å². The van der Waals surface area contributed by atoms with E-state index in [1.54, 1.807) is 6.92 Å². The molecule has 4 aromatic rings. The molecule has 2 aromatic carbocycles. The molecule has 0 aliphatic carbocycles. The van der Waals surface area contributed by atoms with Gasteiger partial charge in [0.05, 0.1) is 23.2 Å². The Kier molecular flexibility index (Phi) is 5.17. The van der Waals surface area contributed by atoms with Gasteiger partial charge in [0.2, 0.25) is 0 Å². The van der Waals surface area contributed by atoms with E-state index in [1.807, 2.05) is 58.2 Å². The Balaban J connectivity index is 1.90. The number of hydrogen-bond donors (Lipinski definition) is 0. The minimum atomic E-state index is -0.737. The first-order chi connectivity index (χ1) is 15.7. The van der Waals surface area contributed by atoms with Crippen LogP contribution in [-0.4, -0.2) is 28.0 Å². The number of ether oxygens (including phenoxy) is 2. The average molecular weight is 441 g/mol. The van der Waals surface area contributed by atoms with Gasteiger partial charge in [-0.2, -0.15) is 0 Å². The number of carbonyl (C=O) groups is 1. The van der Waals surface area contributed by atoms with Crippen LogP contribution in [0.1, 0.15) is 50.6 Å². The highest BCUT2D eigenvalue weighted by molar-refractivity contribution is 6.08. The number of ketones is 1. The highest BCUT2D eigenvalue weighted by atomic mass is 16.5. The summed E-state index contributed by atoms with van der Waals surface area (Å²) in [4.78, 5) is 22.6. The van der Waals surface area contributed by atoms with Crippen LogP contribution in [0.2, 0.25) is 0 Å². The van der Waals surface area contributed by atoms with E-state index >= 15 is 0 Å². The predicted molar refractivity (Wildman–Crippen MR) is 131 cm³/mol. The molecule has 2 aromatic heterocycles. The van der Waals surface area contributed by atoms with Gasteiger partial charge < -0.3 is 9.47 Å². The van der Waals surface area contributed by atoms with E-state index in [2.05, 4.69) is 18.2 Å². The van der Waals surface area contributed by atoms with Gasteiger partial charge in [-0.05, 0) is 64.4 Å². The van der Waals surface area contributed by atoms with Crippen molar-refractivity contribution in [3.05, 3.63) is 65.5 Å². The van der Waals surface area contributed by atoms with Crippen molar-refractivity contribution in [2.75, 3.05) is 6.61 Å². The molecule has 0 spiro atoms. The molecule has 0 unspecified atom stereocenters. The minimum absolute atomic E-state index is 0.0506. The molecule has 0 saturated carbocycles. The Labute approximate surface area is 193 Å². The second-order valence-electron chi connectivity index (χ2n) is 9.63. The highest BCUT2D eigenvalue weighted by Crippen LogP contribution is 2.44. The number of fused-ring (bicyclic) bond motifs is 1. The lowest BCUT2D eigenvalue weighted by Gasteiger charge is -2.29. The largest absolute Gasteiger partial charge is 0.493 e. The molecule has 0 amide bonds. The Morgan fingerprint density at radius 3 is 2.67 bits per heavy atom. The summed E-state index contributed by atoms with van der Waals surface area (Å²) in [5.41, 5.74) is 5.97. The molecule has 5 nitrogen and oxygen atoms in total. The molecule has 3 heterocycles. The van der Waals surface area contributed by atoms with Crippen LogP contribution in [0.4, 0.5) is 0 Å². The summed E-state index contributed by atoms with van der Waals surface area (Å²) in [6.45, 7) is 10.1. The van der Waals surface area contributed by atoms with Crippen molar-refractivity contribution in [2.45, 2.75) is 52.7 Å². The molecule has 0 radical (unpaired) electrons. The highest BCUT2D eigenvalue weighted by Gasteiger charge is 2.31. The van der Waals surface area contributed by atoms with Gasteiger partial charge in [-0.25, -0.2) is 0 Å². The van der Waals surface area contributed by atoms with Crippen LogP contribution in [0.15, 0.2) is 48.7 Å². The number of aryl methyl sites for hydroxylation is 1. The number of aromatic nitrogens is 2. The first-order valence-corrected chi connectivity index (χ1v) is 11.4. The summed E-state index contributed by atoms with van der Waals surface area (Å²) >= 11 is 0. The molecule has 0 bridgehead atoms. The van der Waals surface area contributed by atoms with E-state index in [9.17, 15) is 4.79 Å². The van der Waals surface area contributed by atoms with Crippen LogP contribution in [0.25, 0.3) is 32.9 Å². The molecular weight excluding hydrogens is 412 g/mol. The van der Waals surface area contributed by atoms with Crippen LogP contribution in [-0.2, 0) is 16.0 Å². The number of benzene rings is 2. The van der Waals surface area contributed by atoms with Crippen molar-refractivity contribution in [3.63, 3.8) is 0 Å². The van der Waals surface area contributed by atoms with E-state index < -0.39 is 11.7 Å². The first-order valence-electron chi connectivity index (χ1n) is 11.4. The molecule has 1 aliphatic rings. The molecule has 168 valence electrons. The fourth-order valence-electron chi connectivity index (χ4n) is 4.76. The van der Waals surface area contributed by atoms with E-state index in [0.717, 1.165) is 56.4 Å². The van der Waals surface area contributed by atoms with E-state index in [0.29, 0.717) is 6.61 Å². The van der Waals surface area contributed by atoms with Gasteiger partial charge in [0.25, 0.3) is 0 Å². The molecule has 5 rings (SSSR count). The number of para-hydroxylation sites is 1. The third-order valence-electron chi connectivity index (χ3n) is 6.06. The van der Waals surface area contributed by atoms with Crippen LogP contribution < -0.4 is 4.74 Å². The maximum Gasteiger partial charge on any atom is 0.163 e. The van der Waals surface area contributed by atoms with Gasteiger partial charge in [-0.1, -0.05) is 18.2 Å². The summed E-state index contributed by atoms with van der Waals surface area (Å²) in [7, 11) is 0. The minimum Gasteiger partial charge on any atom is -0.493 e. The molecule has 0 saturated heterocycles. The van der Waals surface area contributed by atoms with Gasteiger partial charge >= 0.3 is 0 Å². The fraction of sp³-hybridized carbons (Fsp3) is 0.321. The molecule has 33 heavy (non-hydrogen) atoms. The normalized spacial score (nSPS) is 14.3. The summed E-state index contributed by atoms with van der Waals surface area (Å²) in [5, 5.41) is 2.02. The van der Waals surface area contributed by atoms with E-state index in [1.165, 1.54) is 5.56 Å². The number of hydrogen-bond acceptors (Lipinski definition) is 5. The number of Topliss-reactive ketones (excluding diaryl/α,β-unsaturated/α-hetero) is 1. The van der Waals surface area contributed by atoms with Crippen LogP contribution in [0.5, 0.6) is 5.75 Å². The lowest BCUT2D eigenvalue weighted by molar-refractivity contribution is -0.138. The van der Waals surface area contributed by atoms with Crippen LogP contribution in [0.3, 0.4) is 0 Å². The van der Waals surface area contributed by atoms with Crippen molar-refractivity contribution < 1.29 is 14.3 Å². The van der Waals surface area contributed by atoms with Crippen molar-refractivity contribution in [1.82, 2.24) is 9.97 Å². The zero-order valence-electron chi connectivity index (χ0n) is 19.7. The van der Waals surface area contributed by atoms with Crippen LogP contribution >= 0.6 is 0 Å². The fourth-order valence-corrected chi connectivity index (χ4v) is 4.76. The Hall–Kier alpha value is -3.31. The number of pyridine rings is 2. The zero-order chi connectivity index (χ0) is 23.3. The quantitative estimate of drug-likeness (QED) is 0.381. The number of carbonyl (C=O) groups excluding carboxylic acids is 1. The average Bonchev–Trinajstić information content (AvgIpc) is 2.77. The first kappa shape index (κ1) is 21.5. The lowest BCUT2D eigenvalue weighted by Crippen LogP contribution is -2.27. The monoisotopic (exact) mass is 440 g/mol. The van der Waals surface area contributed by atoms with Crippen LogP contribution in [0, 0.1) is 6.92 Å². The Morgan fingerprint density at radius 1 is 1.12 bits per heavy atom. The Morgan fingerprint density at radius 2 is 1.91 bits per heavy atom. The maximum atomic E-state index is 12.9. The molecular formula is C28H28N2O3. The van der Waals surface area contributed by atoms with Gasteiger partial charge in [-0.3, -0.25) is 14.8 Å². The molecule has 1 atom stereocenters. The van der Waals surface area contributed by atoms with Crippen molar-refractivity contribution in [3.8, 4) is 16.9 Å². The Bertz CT molecular complexity index is 1390. The van der Waals surface area contributed by atoms with E-state index in [-0.39, 0.29) is 5.78 Å². The second-order valence-corrected chi connectivity index (χ2v) is 9.63. The lowest BCUT2D eigenvalue weighted by atomic mass is 9.87. The van der Waals surface area contributed by atoms with E-state index in [4.69, 9.17) is 19.4 Å². The van der Waals surface area contributed by atoms with Gasteiger partial charge in [0.15, 0.2) is 5.78 Å². The van der Waals surface area contributed by atoms with Crippen molar-refractivity contribution in [2.24, 2.45) is 0 Å². The molecule has 5 heteroatoms. The molecule has 0 N–H and O–H groups in total. The zero-order valence-corrected chi connectivity index (χ0v) is 19.7. The maximum absolute atomic E-state index is 12.9. The molecule has 1 aliphatic heterocycles. The standard InChI is InChI=1S/C28H28N2O3/c1-16-23(27(17(2)31)33-28(3,4)5)25(19-8-6-7-9-21(19)30-16)20-10-11-22-24-18(13-15-32-22)12-14-29-26(20)24/h6-12,14,27H,13,15H2,1-5H3/t27-/m1/s1. The summed E-state index contributed by atoms with van der Waals surface area (Å²) < 4.78 is 12.3. The van der Waals surface area contributed by atoms with Gasteiger partial charge in [-0.15, -0.1) is 0 Å². The smallest absolute Gasteiger partial charge is 0.163 e. The molecule has 0 fully saturated rings. The van der Waals surface area contributed by atoms with Gasteiger partial charge in [0, 0.05) is 45.8 Å². The van der Waals surface area contributed by atoms with Crippen molar-refractivity contribution in [1.29, 1.82) is 0 Å². The second kappa shape index (κ2) is 7.92. The third-order valence-corrected chi connectivity index (χ3v) is 6.06. The SMILES string of the molecule is CC(=O)[C@@H](OC(C)(C)C)c1c(C)nc2ccccc2c1-c1ccc2c3c(ccnc13)CCO2. The summed E-state index contributed by atoms with van der Waals surface area (Å²) in [6.07, 6.45) is 1.97. The van der Waals surface area contributed by atoms with Gasteiger partial charge in [0.1, 0.15) is 11.9 Å². The number of nitrogens with zero attached hydrogens (tertiary/aromatic N) is 2. The number of rotatable bonds is 4. The third kappa shape index (κ3) is 3.76. The predicted octanol–water partition coefficient (Wildman–Crippen LogP) is 6.14. The summed E-state index contributed by atoms with van der Waals surface area (Å²) in [5.74, 6) is 0.805. The summed E-state index contributed by atoms with van der Waals surface area (Å²) in [6, 6.07) is 14.2. The van der Waals surface area contributed by atoms with Crippen molar-refractivity contribution >= 4 is 27.6 Å².